The molecule has 0 heterocycles. The Kier molecular flexibility index (Phi) is 5.48. The summed E-state index contributed by atoms with van der Waals surface area (Å²) in [6, 6.07) is 4.60. The molecule has 7 heteroatoms. The minimum absolute atomic E-state index is 0.171. The number of benzene rings is 1. The minimum Gasteiger partial charge on any atom is -0.496 e. The molecule has 1 unspecified atom stereocenters. The maximum atomic E-state index is 12.2. The molecule has 0 saturated carbocycles. The molecular weight excluding hydrogens is 294 g/mol. The molecule has 1 aromatic carbocycles. The van der Waals surface area contributed by atoms with Crippen LogP contribution >= 0.6 is 0 Å². The number of carbonyl (C=O) groups excluding carboxylic acids is 2. The number of methoxy groups -OCH3 is 1. The van der Waals surface area contributed by atoms with E-state index in [0.717, 1.165) is 0 Å². The van der Waals surface area contributed by atoms with Crippen LogP contribution in [0.2, 0.25) is 0 Å². The van der Waals surface area contributed by atoms with Gasteiger partial charge in [0.1, 0.15) is 11.0 Å². The highest BCUT2D eigenvalue weighted by Gasteiger charge is 2.28. The maximum absolute atomic E-state index is 12.2. The van der Waals surface area contributed by atoms with Gasteiger partial charge in [0.15, 0.2) is 15.6 Å². The molecule has 0 spiro atoms. The second kappa shape index (κ2) is 6.71. The Morgan fingerprint density at radius 2 is 1.95 bits per heavy atom. The third-order valence-corrected chi connectivity index (χ3v) is 5.20. The Labute approximate surface area is 124 Å². The number of ether oxygens (including phenoxy) is 1. The summed E-state index contributed by atoms with van der Waals surface area (Å²) in [7, 11) is -0.905. The van der Waals surface area contributed by atoms with E-state index in [-0.39, 0.29) is 11.5 Å². The predicted molar refractivity (Wildman–Crippen MR) is 79.2 cm³/mol. The molecule has 6 nitrogen and oxygen atoms in total. The van der Waals surface area contributed by atoms with Crippen LogP contribution in [-0.2, 0) is 20.4 Å². The van der Waals surface area contributed by atoms with Gasteiger partial charge in [0.2, 0.25) is 5.91 Å². The number of ketones is 1. The summed E-state index contributed by atoms with van der Waals surface area (Å²) in [5, 5.41) is 1.14. The molecule has 0 radical (unpaired) electrons. The Morgan fingerprint density at radius 1 is 1.33 bits per heavy atom. The Hall–Kier alpha value is -1.89. The van der Waals surface area contributed by atoms with Crippen LogP contribution in [0.5, 0.6) is 5.75 Å². The summed E-state index contributed by atoms with van der Waals surface area (Å²) in [6.45, 7) is 2.72. The minimum atomic E-state index is -3.70. The van der Waals surface area contributed by atoms with E-state index in [1.54, 1.807) is 12.1 Å². The molecule has 1 atom stereocenters. The molecule has 0 aliphatic rings. The number of carbonyl (C=O) groups is 2. The topological polar surface area (TPSA) is 89.5 Å². The molecule has 1 amide bonds. The van der Waals surface area contributed by atoms with E-state index in [1.807, 2.05) is 0 Å². The second-order valence-corrected chi connectivity index (χ2v) is 6.97. The van der Waals surface area contributed by atoms with Gasteiger partial charge in [-0.1, -0.05) is 0 Å². The number of nitrogens with one attached hydrogen (secondary N) is 1. The monoisotopic (exact) mass is 313 g/mol. The SMILES string of the molecule is CNC(=O)C(C)S(=O)(=O)Cc1cc(C(C)=O)ccc1OC. The third kappa shape index (κ3) is 4.04. The summed E-state index contributed by atoms with van der Waals surface area (Å²) in [5.74, 6) is -0.744. The quantitative estimate of drug-likeness (QED) is 0.790. The molecule has 116 valence electrons. The summed E-state index contributed by atoms with van der Waals surface area (Å²) < 4.78 is 29.6. The van der Waals surface area contributed by atoms with Crippen molar-refractivity contribution in [2.24, 2.45) is 0 Å². The number of sulfone groups is 1. The van der Waals surface area contributed by atoms with Crippen molar-refractivity contribution < 1.29 is 22.7 Å². The maximum Gasteiger partial charge on any atom is 0.237 e. The third-order valence-electron chi connectivity index (χ3n) is 3.20. The van der Waals surface area contributed by atoms with E-state index in [4.69, 9.17) is 4.74 Å². The van der Waals surface area contributed by atoms with Gasteiger partial charge in [-0.3, -0.25) is 9.59 Å². The molecule has 1 N–H and O–H groups in total. The highest BCUT2D eigenvalue weighted by molar-refractivity contribution is 7.92. The van der Waals surface area contributed by atoms with Crippen LogP contribution in [-0.4, -0.2) is 39.5 Å². The van der Waals surface area contributed by atoms with Crippen molar-refractivity contribution in [3.05, 3.63) is 29.3 Å². The van der Waals surface area contributed by atoms with E-state index in [9.17, 15) is 18.0 Å². The van der Waals surface area contributed by atoms with Crippen molar-refractivity contribution in [1.82, 2.24) is 5.32 Å². The van der Waals surface area contributed by atoms with Crippen molar-refractivity contribution in [1.29, 1.82) is 0 Å². The van der Waals surface area contributed by atoms with Crippen LogP contribution in [0.4, 0.5) is 0 Å². The van der Waals surface area contributed by atoms with Crippen molar-refractivity contribution in [2.75, 3.05) is 14.2 Å². The van der Waals surface area contributed by atoms with Gasteiger partial charge in [-0.2, -0.15) is 0 Å². The van der Waals surface area contributed by atoms with E-state index in [1.165, 1.54) is 34.1 Å². The lowest BCUT2D eigenvalue weighted by Gasteiger charge is -2.14. The average Bonchev–Trinajstić information content (AvgIpc) is 2.44. The van der Waals surface area contributed by atoms with E-state index in [2.05, 4.69) is 5.32 Å². The first-order valence-electron chi connectivity index (χ1n) is 6.34. The normalized spacial score (nSPS) is 12.6. The van der Waals surface area contributed by atoms with Gasteiger partial charge in [-0.05, 0) is 32.0 Å². The molecule has 1 aromatic rings. The largest absolute Gasteiger partial charge is 0.496 e. The average molecular weight is 313 g/mol. The van der Waals surface area contributed by atoms with Gasteiger partial charge in [-0.25, -0.2) is 8.42 Å². The highest BCUT2D eigenvalue weighted by atomic mass is 32.2. The highest BCUT2D eigenvalue weighted by Crippen LogP contribution is 2.24. The van der Waals surface area contributed by atoms with Gasteiger partial charge in [-0.15, -0.1) is 0 Å². The fourth-order valence-corrected chi connectivity index (χ4v) is 3.17. The van der Waals surface area contributed by atoms with Crippen LogP contribution in [0, 0.1) is 0 Å². The van der Waals surface area contributed by atoms with Gasteiger partial charge >= 0.3 is 0 Å². The van der Waals surface area contributed by atoms with Crippen molar-refractivity contribution in [3.8, 4) is 5.75 Å². The van der Waals surface area contributed by atoms with Gasteiger partial charge in [0.25, 0.3) is 0 Å². The predicted octanol–water partition coefficient (Wildman–Crippen LogP) is 0.947. The molecular formula is C14H19NO5S. The molecule has 0 aliphatic carbocycles. The smallest absolute Gasteiger partial charge is 0.237 e. The van der Waals surface area contributed by atoms with Gasteiger partial charge < -0.3 is 10.1 Å². The van der Waals surface area contributed by atoms with Crippen LogP contribution in [0.1, 0.15) is 29.8 Å². The number of Topliss-reactive ketones (excluding diaryl/α,β-unsaturated/α-hetero) is 1. The number of rotatable bonds is 6. The lowest BCUT2D eigenvalue weighted by atomic mass is 10.1. The van der Waals surface area contributed by atoms with Crippen LogP contribution < -0.4 is 10.1 Å². The number of hydrogen-bond donors (Lipinski definition) is 1. The molecule has 0 fully saturated rings. The number of hydrogen-bond acceptors (Lipinski definition) is 5. The molecule has 1 rings (SSSR count). The van der Waals surface area contributed by atoms with Gasteiger partial charge in [0.05, 0.1) is 12.9 Å². The first-order chi connectivity index (χ1) is 9.72. The summed E-state index contributed by atoms with van der Waals surface area (Å²) in [4.78, 5) is 22.9. The summed E-state index contributed by atoms with van der Waals surface area (Å²) in [6.07, 6.45) is 0. The van der Waals surface area contributed by atoms with Crippen LogP contribution in [0.25, 0.3) is 0 Å². The first kappa shape index (κ1) is 17.2. The van der Waals surface area contributed by atoms with E-state index in [0.29, 0.717) is 16.9 Å². The molecule has 0 aromatic heterocycles. The first-order valence-corrected chi connectivity index (χ1v) is 8.05. The summed E-state index contributed by atoms with van der Waals surface area (Å²) >= 11 is 0. The fraction of sp³-hybridized carbons (Fsp3) is 0.429. The Balaban J connectivity index is 3.19. The van der Waals surface area contributed by atoms with E-state index >= 15 is 0 Å². The zero-order valence-electron chi connectivity index (χ0n) is 12.5. The zero-order chi connectivity index (χ0) is 16.2. The Bertz CT molecular complexity index is 651. The summed E-state index contributed by atoms with van der Waals surface area (Å²) in [5.41, 5.74) is 0.759. The van der Waals surface area contributed by atoms with Crippen LogP contribution in [0.15, 0.2) is 18.2 Å². The Morgan fingerprint density at radius 3 is 2.43 bits per heavy atom. The molecule has 0 saturated heterocycles. The lowest BCUT2D eigenvalue weighted by Crippen LogP contribution is -2.36. The molecule has 0 aliphatic heterocycles. The fourth-order valence-electron chi connectivity index (χ4n) is 1.82. The van der Waals surface area contributed by atoms with Gasteiger partial charge in [0, 0.05) is 18.2 Å². The zero-order valence-corrected chi connectivity index (χ0v) is 13.3. The molecule has 0 bridgehead atoms. The standard InChI is InChI=1S/C14H19NO5S/c1-9(16)11-5-6-13(20-4)12(7-11)8-21(18,19)10(2)14(17)15-3/h5-7,10H,8H2,1-4H3,(H,15,17). The van der Waals surface area contributed by atoms with Crippen molar-refractivity contribution >= 4 is 21.5 Å². The number of amides is 1. The van der Waals surface area contributed by atoms with E-state index < -0.39 is 21.0 Å². The van der Waals surface area contributed by atoms with Crippen molar-refractivity contribution in [3.63, 3.8) is 0 Å². The second-order valence-electron chi connectivity index (χ2n) is 4.65. The lowest BCUT2D eigenvalue weighted by molar-refractivity contribution is -0.119. The van der Waals surface area contributed by atoms with Crippen LogP contribution in [0.3, 0.4) is 0 Å². The molecule has 21 heavy (non-hydrogen) atoms. The van der Waals surface area contributed by atoms with Crippen molar-refractivity contribution in [2.45, 2.75) is 24.9 Å².